The number of carbonyl (C=O) groups is 2. The van der Waals surface area contributed by atoms with Gasteiger partial charge in [-0.2, -0.15) is 0 Å². The molecule has 1 aliphatic rings. The topological polar surface area (TPSA) is 88.3 Å². The Kier molecular flexibility index (Phi) is 4.67. The lowest BCUT2D eigenvalue weighted by molar-refractivity contribution is 0.0736. The predicted octanol–water partition coefficient (Wildman–Crippen LogP) is 3.54. The average Bonchev–Trinajstić information content (AvgIpc) is 3.26. The minimum Gasteiger partial charge on any atom is -0.361 e. The molecule has 0 fully saturated rings. The Morgan fingerprint density at radius 1 is 1.33 bits per heavy atom. The Morgan fingerprint density at radius 2 is 2.15 bits per heavy atom. The van der Waals surface area contributed by atoms with E-state index in [9.17, 15) is 9.59 Å². The number of thiazole rings is 1. The molecule has 138 valence electrons. The van der Waals surface area contributed by atoms with Crippen molar-refractivity contribution in [3.8, 4) is 0 Å². The Bertz CT molecular complexity index is 1030. The van der Waals surface area contributed by atoms with Gasteiger partial charge in [-0.3, -0.25) is 14.9 Å². The first-order chi connectivity index (χ1) is 13.0. The van der Waals surface area contributed by atoms with Gasteiger partial charge in [0.25, 0.3) is 11.8 Å². The molecule has 7 nitrogen and oxygen atoms in total. The Balaban J connectivity index is 1.48. The number of rotatable bonds is 3. The molecule has 0 bridgehead atoms. The minimum absolute atomic E-state index is 0.108. The van der Waals surface area contributed by atoms with E-state index in [0.29, 0.717) is 41.0 Å². The number of nitrogens with zero attached hydrogens (tertiary/aromatic N) is 3. The second-order valence-electron chi connectivity index (χ2n) is 6.12. The number of nitrogens with one attached hydrogen (secondary N) is 1. The zero-order chi connectivity index (χ0) is 19.0. The molecule has 9 heteroatoms. The van der Waals surface area contributed by atoms with Gasteiger partial charge in [-0.05, 0) is 19.1 Å². The number of anilines is 1. The summed E-state index contributed by atoms with van der Waals surface area (Å²) in [6.45, 7) is 2.71. The number of halogens is 1. The predicted molar refractivity (Wildman–Crippen MR) is 101 cm³/mol. The lowest BCUT2D eigenvalue weighted by Gasteiger charge is -2.26. The van der Waals surface area contributed by atoms with E-state index >= 15 is 0 Å². The van der Waals surface area contributed by atoms with Gasteiger partial charge < -0.3 is 9.42 Å². The van der Waals surface area contributed by atoms with Gasteiger partial charge in [-0.1, -0.05) is 40.2 Å². The van der Waals surface area contributed by atoms with E-state index in [1.54, 1.807) is 42.2 Å². The van der Waals surface area contributed by atoms with Crippen molar-refractivity contribution in [2.45, 2.75) is 19.9 Å². The Morgan fingerprint density at radius 3 is 2.89 bits per heavy atom. The average molecular weight is 403 g/mol. The van der Waals surface area contributed by atoms with Gasteiger partial charge in [0.1, 0.15) is 5.76 Å². The number of fused-ring (bicyclic) bond motifs is 1. The van der Waals surface area contributed by atoms with E-state index in [1.165, 1.54) is 11.3 Å². The van der Waals surface area contributed by atoms with Crippen LogP contribution in [0.2, 0.25) is 5.02 Å². The van der Waals surface area contributed by atoms with Crippen LogP contribution < -0.4 is 5.32 Å². The number of benzene rings is 1. The highest BCUT2D eigenvalue weighted by Gasteiger charge is 2.26. The molecule has 0 saturated carbocycles. The van der Waals surface area contributed by atoms with Gasteiger partial charge in [0.05, 0.1) is 22.8 Å². The molecular weight excluding hydrogens is 388 g/mol. The van der Waals surface area contributed by atoms with Gasteiger partial charge in [0.15, 0.2) is 10.8 Å². The smallest absolute Gasteiger partial charge is 0.279 e. The highest BCUT2D eigenvalue weighted by Crippen LogP contribution is 2.30. The first-order valence-corrected chi connectivity index (χ1v) is 9.48. The zero-order valence-corrected chi connectivity index (χ0v) is 15.9. The fourth-order valence-electron chi connectivity index (χ4n) is 2.86. The maximum Gasteiger partial charge on any atom is 0.279 e. The largest absolute Gasteiger partial charge is 0.361 e. The quantitative estimate of drug-likeness (QED) is 0.723. The number of aromatic nitrogens is 2. The standard InChI is InChI=1S/C18H15ClN4O3S/c1-10-8-14(22-26-10)16(24)21-18-20-13-6-7-23(9-15(13)27-18)17(25)11-4-2-3-5-12(11)19/h2-5,8H,6-7,9H2,1H3,(H,20,21,24). The fourth-order valence-corrected chi connectivity index (χ4v) is 4.10. The molecule has 0 saturated heterocycles. The van der Waals surface area contributed by atoms with Gasteiger partial charge in [-0.15, -0.1) is 0 Å². The van der Waals surface area contributed by atoms with E-state index in [0.717, 1.165) is 10.6 Å². The van der Waals surface area contributed by atoms with E-state index < -0.39 is 0 Å². The molecule has 2 aromatic heterocycles. The van der Waals surface area contributed by atoms with Crippen LogP contribution in [0.5, 0.6) is 0 Å². The van der Waals surface area contributed by atoms with E-state index in [2.05, 4.69) is 15.5 Å². The molecule has 27 heavy (non-hydrogen) atoms. The van der Waals surface area contributed by atoms with Gasteiger partial charge >= 0.3 is 0 Å². The second kappa shape index (κ2) is 7.13. The van der Waals surface area contributed by atoms with Crippen LogP contribution in [0.1, 0.15) is 37.2 Å². The molecule has 1 aliphatic heterocycles. The molecule has 4 rings (SSSR count). The highest BCUT2D eigenvalue weighted by molar-refractivity contribution is 7.15. The van der Waals surface area contributed by atoms with Crippen molar-refractivity contribution in [3.63, 3.8) is 0 Å². The first-order valence-electron chi connectivity index (χ1n) is 8.28. The van der Waals surface area contributed by atoms with Crippen molar-refractivity contribution < 1.29 is 14.1 Å². The van der Waals surface area contributed by atoms with Gasteiger partial charge in [-0.25, -0.2) is 4.98 Å². The number of hydrogen-bond donors (Lipinski definition) is 1. The van der Waals surface area contributed by atoms with Crippen LogP contribution in [0.4, 0.5) is 5.13 Å². The number of amides is 2. The van der Waals surface area contributed by atoms with Crippen molar-refractivity contribution in [2.24, 2.45) is 0 Å². The summed E-state index contributed by atoms with van der Waals surface area (Å²) in [5, 5.41) is 7.35. The van der Waals surface area contributed by atoms with Crippen LogP contribution in [-0.4, -0.2) is 33.4 Å². The first kappa shape index (κ1) is 17.7. The van der Waals surface area contributed by atoms with Crippen LogP contribution in [0, 0.1) is 6.92 Å². The highest BCUT2D eigenvalue weighted by atomic mass is 35.5. The molecule has 0 spiro atoms. The molecule has 2 amide bonds. The van der Waals surface area contributed by atoms with Gasteiger partial charge in [0.2, 0.25) is 0 Å². The van der Waals surface area contributed by atoms with Crippen LogP contribution >= 0.6 is 22.9 Å². The lowest BCUT2D eigenvalue weighted by atomic mass is 10.1. The third-order valence-corrected chi connectivity index (χ3v) is 5.53. The Labute approximate surface area is 163 Å². The number of aryl methyl sites for hydroxylation is 1. The number of hydrogen-bond acceptors (Lipinski definition) is 6. The van der Waals surface area contributed by atoms with E-state index in [4.69, 9.17) is 16.1 Å². The monoisotopic (exact) mass is 402 g/mol. The summed E-state index contributed by atoms with van der Waals surface area (Å²) in [4.78, 5) is 32.1. The molecule has 1 N–H and O–H groups in total. The normalized spacial score (nSPS) is 13.3. The van der Waals surface area contributed by atoms with Crippen LogP contribution in [-0.2, 0) is 13.0 Å². The van der Waals surface area contributed by atoms with Crippen molar-refractivity contribution in [1.29, 1.82) is 0 Å². The molecule has 1 aromatic carbocycles. The summed E-state index contributed by atoms with van der Waals surface area (Å²) < 4.78 is 4.91. The fraction of sp³-hybridized carbons (Fsp3) is 0.222. The van der Waals surface area contributed by atoms with Crippen molar-refractivity contribution in [1.82, 2.24) is 15.0 Å². The van der Waals surface area contributed by atoms with E-state index in [1.807, 2.05) is 0 Å². The molecule has 0 aliphatic carbocycles. The summed E-state index contributed by atoms with van der Waals surface area (Å²) in [7, 11) is 0. The van der Waals surface area contributed by atoms with Crippen molar-refractivity contribution >= 4 is 39.9 Å². The van der Waals surface area contributed by atoms with Crippen molar-refractivity contribution in [2.75, 3.05) is 11.9 Å². The van der Waals surface area contributed by atoms with Crippen LogP contribution in [0.25, 0.3) is 0 Å². The molecular formula is C18H15ClN4O3S. The molecule has 3 aromatic rings. The SMILES string of the molecule is Cc1cc(C(=O)Nc2nc3c(s2)CN(C(=O)c2ccccc2Cl)CC3)no1. The summed E-state index contributed by atoms with van der Waals surface area (Å²) in [6.07, 6.45) is 0.626. The maximum absolute atomic E-state index is 12.7. The molecule has 3 heterocycles. The van der Waals surface area contributed by atoms with E-state index in [-0.39, 0.29) is 17.5 Å². The summed E-state index contributed by atoms with van der Waals surface area (Å²) >= 11 is 7.50. The summed E-state index contributed by atoms with van der Waals surface area (Å²) in [5.74, 6) is 0.0811. The second-order valence-corrected chi connectivity index (χ2v) is 7.61. The molecule has 0 radical (unpaired) electrons. The molecule has 0 unspecified atom stereocenters. The summed E-state index contributed by atoms with van der Waals surface area (Å²) in [5.41, 5.74) is 1.59. The summed E-state index contributed by atoms with van der Waals surface area (Å²) in [6, 6.07) is 8.57. The Hall–Kier alpha value is -2.71. The lowest BCUT2D eigenvalue weighted by Crippen LogP contribution is -2.35. The van der Waals surface area contributed by atoms with Crippen LogP contribution in [0.3, 0.4) is 0 Å². The minimum atomic E-state index is -0.373. The van der Waals surface area contributed by atoms with Gasteiger partial charge in [0, 0.05) is 23.9 Å². The third kappa shape index (κ3) is 3.58. The zero-order valence-electron chi connectivity index (χ0n) is 14.4. The maximum atomic E-state index is 12.7. The number of carbonyl (C=O) groups excluding carboxylic acids is 2. The molecule has 0 atom stereocenters. The third-order valence-electron chi connectivity index (χ3n) is 4.20. The van der Waals surface area contributed by atoms with Crippen LogP contribution in [0.15, 0.2) is 34.9 Å². The van der Waals surface area contributed by atoms with Crippen molar-refractivity contribution in [3.05, 3.63) is 62.9 Å².